The lowest BCUT2D eigenvalue weighted by Crippen LogP contribution is -2.34. The Morgan fingerprint density at radius 1 is 1.37 bits per heavy atom. The lowest BCUT2D eigenvalue weighted by molar-refractivity contribution is -0.146. The Morgan fingerprint density at radius 2 is 1.95 bits per heavy atom. The molecule has 1 unspecified atom stereocenters. The van der Waals surface area contributed by atoms with Gasteiger partial charge in [0.2, 0.25) is 10.0 Å². The van der Waals surface area contributed by atoms with Crippen LogP contribution < -0.4 is 0 Å². The van der Waals surface area contributed by atoms with Gasteiger partial charge in [0.1, 0.15) is 0 Å². The predicted octanol–water partition coefficient (Wildman–Crippen LogP) is 1.93. The smallest absolute Gasteiger partial charge is 0.310 e. The van der Waals surface area contributed by atoms with Gasteiger partial charge in [0.25, 0.3) is 0 Å². The average Bonchev–Trinajstić information content (AvgIpc) is 2.75. The van der Waals surface area contributed by atoms with Crippen molar-refractivity contribution >= 4 is 31.9 Å². The first-order chi connectivity index (χ1) is 8.75. The summed E-state index contributed by atoms with van der Waals surface area (Å²) in [5.41, 5.74) is -0.998. The van der Waals surface area contributed by atoms with Crippen molar-refractivity contribution in [3.8, 4) is 0 Å². The molecular formula is C12H14BrNO4S. The zero-order valence-corrected chi connectivity index (χ0v) is 12.7. The summed E-state index contributed by atoms with van der Waals surface area (Å²) in [5, 5.41) is 9.14. The van der Waals surface area contributed by atoms with Crippen molar-refractivity contribution in [3.63, 3.8) is 0 Å². The lowest BCUT2D eigenvalue weighted by Gasteiger charge is -2.20. The van der Waals surface area contributed by atoms with Crippen LogP contribution in [0, 0.1) is 5.41 Å². The summed E-state index contributed by atoms with van der Waals surface area (Å²) < 4.78 is 26.8. The number of carboxylic acids is 1. The van der Waals surface area contributed by atoms with E-state index >= 15 is 0 Å². The number of halogens is 1. The molecule has 1 atom stereocenters. The fourth-order valence-corrected chi connectivity index (χ4v) is 3.88. The molecule has 1 heterocycles. The van der Waals surface area contributed by atoms with E-state index in [1.807, 2.05) is 0 Å². The number of benzene rings is 1. The molecule has 0 bridgehead atoms. The van der Waals surface area contributed by atoms with Crippen LogP contribution in [0.5, 0.6) is 0 Å². The molecule has 1 aromatic carbocycles. The van der Waals surface area contributed by atoms with E-state index in [4.69, 9.17) is 5.11 Å². The topological polar surface area (TPSA) is 74.7 Å². The summed E-state index contributed by atoms with van der Waals surface area (Å²) >= 11 is 3.25. The molecule has 1 aliphatic heterocycles. The monoisotopic (exact) mass is 347 g/mol. The Kier molecular flexibility index (Phi) is 3.72. The van der Waals surface area contributed by atoms with Crippen molar-refractivity contribution in [2.45, 2.75) is 18.2 Å². The minimum Gasteiger partial charge on any atom is -0.481 e. The highest BCUT2D eigenvalue weighted by molar-refractivity contribution is 9.10. The van der Waals surface area contributed by atoms with Crippen molar-refractivity contribution in [3.05, 3.63) is 28.7 Å². The summed E-state index contributed by atoms with van der Waals surface area (Å²) in [5.74, 6) is -0.957. The van der Waals surface area contributed by atoms with E-state index in [0.29, 0.717) is 6.42 Å². The number of carboxylic acid groups (broad SMARTS) is 1. The second kappa shape index (κ2) is 4.88. The Balaban J connectivity index is 2.28. The van der Waals surface area contributed by atoms with Crippen LogP contribution in [0.4, 0.5) is 0 Å². The molecule has 0 amide bonds. The van der Waals surface area contributed by atoms with Crippen LogP contribution in [0.25, 0.3) is 0 Å². The molecule has 0 aromatic heterocycles. The van der Waals surface area contributed by atoms with Gasteiger partial charge in [-0.15, -0.1) is 0 Å². The number of nitrogens with zero attached hydrogens (tertiary/aromatic N) is 1. The molecule has 1 N–H and O–H groups in total. The zero-order chi connectivity index (χ0) is 14.3. The number of hydrogen-bond donors (Lipinski definition) is 1. The minimum atomic E-state index is -3.61. The molecule has 19 heavy (non-hydrogen) atoms. The van der Waals surface area contributed by atoms with E-state index < -0.39 is 21.4 Å². The van der Waals surface area contributed by atoms with Crippen molar-refractivity contribution in [1.82, 2.24) is 4.31 Å². The Hall–Kier alpha value is -0.920. The summed E-state index contributed by atoms with van der Waals surface area (Å²) in [6.07, 6.45) is 0.331. The molecule has 1 fully saturated rings. The highest BCUT2D eigenvalue weighted by Gasteiger charge is 2.44. The van der Waals surface area contributed by atoms with Crippen molar-refractivity contribution in [2.75, 3.05) is 13.1 Å². The number of carbonyl (C=O) groups is 1. The molecule has 0 radical (unpaired) electrons. The van der Waals surface area contributed by atoms with E-state index in [1.54, 1.807) is 19.1 Å². The summed E-state index contributed by atoms with van der Waals surface area (Å²) in [6, 6.07) is 6.32. The second-order valence-electron chi connectivity index (χ2n) is 4.91. The Bertz CT molecular complexity index is 599. The average molecular weight is 348 g/mol. The van der Waals surface area contributed by atoms with Gasteiger partial charge in [0.15, 0.2) is 0 Å². The maximum atomic E-state index is 12.4. The van der Waals surface area contributed by atoms with E-state index in [1.165, 1.54) is 16.4 Å². The normalized spacial score (nSPS) is 24.5. The molecule has 1 aliphatic rings. The van der Waals surface area contributed by atoms with Crippen LogP contribution in [0.15, 0.2) is 33.6 Å². The van der Waals surface area contributed by atoms with Crippen LogP contribution in [0.3, 0.4) is 0 Å². The number of aliphatic carboxylic acids is 1. The van der Waals surface area contributed by atoms with Crippen LogP contribution >= 0.6 is 15.9 Å². The van der Waals surface area contributed by atoms with Crippen molar-refractivity contribution in [2.24, 2.45) is 5.41 Å². The molecule has 7 heteroatoms. The van der Waals surface area contributed by atoms with E-state index in [9.17, 15) is 13.2 Å². The predicted molar refractivity (Wildman–Crippen MR) is 73.3 cm³/mol. The first-order valence-corrected chi connectivity index (χ1v) is 7.98. The minimum absolute atomic E-state index is 0.0146. The summed E-state index contributed by atoms with van der Waals surface area (Å²) in [4.78, 5) is 11.3. The van der Waals surface area contributed by atoms with Crippen molar-refractivity contribution < 1.29 is 18.3 Å². The van der Waals surface area contributed by atoms with Crippen LogP contribution in [0.2, 0.25) is 0 Å². The molecule has 0 saturated carbocycles. The quantitative estimate of drug-likeness (QED) is 0.906. The third-order valence-electron chi connectivity index (χ3n) is 3.41. The fourth-order valence-electron chi connectivity index (χ4n) is 2.05. The molecule has 0 aliphatic carbocycles. The van der Waals surface area contributed by atoms with E-state index in [-0.39, 0.29) is 18.0 Å². The maximum Gasteiger partial charge on any atom is 0.310 e. The van der Waals surface area contributed by atoms with E-state index in [2.05, 4.69) is 15.9 Å². The summed E-state index contributed by atoms with van der Waals surface area (Å²) in [6.45, 7) is 1.83. The van der Waals surface area contributed by atoms with Gasteiger partial charge in [0.05, 0.1) is 10.3 Å². The molecule has 2 rings (SSSR count). The Morgan fingerprint density at radius 3 is 2.42 bits per heavy atom. The third-order valence-corrected chi connectivity index (χ3v) is 5.79. The van der Waals surface area contributed by atoms with Crippen LogP contribution in [-0.4, -0.2) is 36.9 Å². The largest absolute Gasteiger partial charge is 0.481 e. The van der Waals surface area contributed by atoms with E-state index in [0.717, 1.165) is 4.47 Å². The highest BCUT2D eigenvalue weighted by atomic mass is 79.9. The number of rotatable bonds is 3. The van der Waals surface area contributed by atoms with Crippen molar-refractivity contribution in [1.29, 1.82) is 0 Å². The number of sulfonamides is 1. The molecule has 104 valence electrons. The molecule has 1 saturated heterocycles. The number of hydrogen-bond acceptors (Lipinski definition) is 3. The fraction of sp³-hybridized carbons (Fsp3) is 0.417. The summed E-state index contributed by atoms with van der Waals surface area (Å²) in [7, 11) is -3.61. The van der Waals surface area contributed by atoms with Crippen LogP contribution in [0.1, 0.15) is 13.3 Å². The standard InChI is InChI=1S/C12H14BrNO4S/c1-12(11(15)16)6-7-14(8-12)19(17,18)10-4-2-9(13)3-5-10/h2-5H,6-8H2,1H3,(H,15,16). The Labute approximate surface area is 120 Å². The molecule has 0 spiro atoms. The first-order valence-electron chi connectivity index (χ1n) is 5.75. The van der Waals surface area contributed by atoms with Gasteiger partial charge < -0.3 is 5.11 Å². The maximum absolute atomic E-state index is 12.4. The van der Waals surface area contributed by atoms with Gasteiger partial charge in [-0.2, -0.15) is 4.31 Å². The molecule has 1 aromatic rings. The van der Waals surface area contributed by atoms with Gasteiger partial charge in [-0.05, 0) is 37.6 Å². The van der Waals surface area contributed by atoms with Gasteiger partial charge in [-0.3, -0.25) is 4.79 Å². The van der Waals surface area contributed by atoms with Gasteiger partial charge in [-0.1, -0.05) is 15.9 Å². The molecule has 5 nitrogen and oxygen atoms in total. The van der Waals surface area contributed by atoms with Gasteiger partial charge >= 0.3 is 5.97 Å². The lowest BCUT2D eigenvalue weighted by atomic mass is 9.90. The first kappa shape index (κ1) is 14.5. The third kappa shape index (κ3) is 2.68. The zero-order valence-electron chi connectivity index (χ0n) is 10.3. The van der Waals surface area contributed by atoms with Gasteiger partial charge in [0, 0.05) is 17.6 Å². The van der Waals surface area contributed by atoms with Gasteiger partial charge in [-0.25, -0.2) is 8.42 Å². The highest BCUT2D eigenvalue weighted by Crippen LogP contribution is 2.33. The SMILES string of the molecule is CC1(C(=O)O)CCN(S(=O)(=O)c2ccc(Br)cc2)C1. The van der Waals surface area contributed by atoms with Crippen LogP contribution in [-0.2, 0) is 14.8 Å². The molecular weight excluding hydrogens is 334 g/mol. The second-order valence-corrected chi connectivity index (χ2v) is 7.76.